The van der Waals surface area contributed by atoms with Gasteiger partial charge in [-0.15, -0.1) is 0 Å². The smallest absolute Gasteiger partial charge is 0.118 e. The summed E-state index contributed by atoms with van der Waals surface area (Å²) in [6.07, 6.45) is 0.389. The van der Waals surface area contributed by atoms with E-state index < -0.39 is 0 Å². The van der Waals surface area contributed by atoms with Gasteiger partial charge in [0.15, 0.2) is 0 Å². The van der Waals surface area contributed by atoms with Crippen LogP contribution >= 0.6 is 0 Å². The summed E-state index contributed by atoms with van der Waals surface area (Å²) in [6, 6.07) is 0. The van der Waals surface area contributed by atoms with Gasteiger partial charge in [0.2, 0.25) is 0 Å². The van der Waals surface area contributed by atoms with Crippen LogP contribution in [0.1, 0.15) is 0 Å². The van der Waals surface area contributed by atoms with E-state index in [-0.39, 0.29) is 0 Å². The van der Waals surface area contributed by atoms with E-state index >= 15 is 0 Å². The van der Waals surface area contributed by atoms with E-state index in [1.54, 1.807) is 0 Å². The fourth-order valence-electron chi connectivity index (χ4n) is 4.30. The SMILES string of the molecule is CN(C)C.CN(C)C(N(C)C)N(C)C.CN(C)CN(C)C.CN(C)CN(C)CN(C)C.CN(C)CN(CN(C)C)CN(C)C. The summed E-state index contributed by atoms with van der Waals surface area (Å²) in [6.45, 7) is 6.04. The highest BCUT2D eigenvalue weighted by atomic mass is 15.5. The van der Waals surface area contributed by atoms with Crippen molar-refractivity contribution in [3.63, 3.8) is 0 Å². The van der Waals surface area contributed by atoms with E-state index in [9.17, 15) is 0 Å². The second-order valence-corrected chi connectivity index (χ2v) is 14.5. The molecule has 13 heteroatoms. The van der Waals surface area contributed by atoms with Gasteiger partial charge in [0.1, 0.15) is 6.29 Å². The molecule has 0 aliphatic rings. The number of hydrogen-bond donors (Lipinski definition) is 0. The molecule has 0 rings (SSSR count). The number of hydrogen-bond acceptors (Lipinski definition) is 13. The molecule has 0 N–H and O–H groups in total. The third-order valence-corrected chi connectivity index (χ3v) is 4.45. The molecule has 0 aliphatic carbocycles. The van der Waals surface area contributed by atoms with Crippen LogP contribution in [-0.4, -0.2) is 279 Å². The first-order valence-corrected chi connectivity index (χ1v) is 15.3. The minimum absolute atomic E-state index is 0.389. The third kappa shape index (κ3) is 54.0. The van der Waals surface area contributed by atoms with Gasteiger partial charge in [-0.25, -0.2) is 0 Å². The Bertz CT molecular complexity index is 491. The molecule has 13 nitrogen and oxygen atoms in total. The fourth-order valence-corrected chi connectivity index (χ4v) is 4.30. The first-order chi connectivity index (χ1) is 19.8. The predicted octanol–water partition coefficient (Wildman–Crippen LogP) is 0.00180. The van der Waals surface area contributed by atoms with Gasteiger partial charge in [0.05, 0.1) is 33.3 Å². The molecule has 0 saturated heterocycles. The Kier molecular flexibility index (Phi) is 39.0. The summed E-state index contributed by atoms with van der Waals surface area (Å²) >= 11 is 0. The topological polar surface area (TPSA) is 42.1 Å². The van der Waals surface area contributed by atoms with Crippen molar-refractivity contribution in [3.05, 3.63) is 0 Å². The summed E-state index contributed by atoms with van der Waals surface area (Å²) in [4.78, 5) is 28.2. The van der Waals surface area contributed by atoms with Crippen LogP contribution in [0.5, 0.6) is 0 Å². The minimum atomic E-state index is 0.389. The van der Waals surface area contributed by atoms with Gasteiger partial charge in [-0.2, -0.15) is 0 Å². The van der Waals surface area contributed by atoms with E-state index in [0.29, 0.717) is 6.29 Å². The van der Waals surface area contributed by atoms with Crippen LogP contribution in [0.2, 0.25) is 0 Å². The fraction of sp³-hybridized carbons (Fsp3) is 1.00. The molecule has 274 valence electrons. The Labute approximate surface area is 279 Å². The van der Waals surface area contributed by atoms with Crippen LogP contribution in [0.4, 0.5) is 0 Å². The standard InChI is InChI=1S/C9H24N4.2C7H19N3.C5H14N2.C3H9N/c1-10(2)7-13(8-11(3)4)9-12(5)6;1-8(2)7(9(3)4)10(5)6;1-8(2)6-10(5)7-9(3)4;1-6(2)5-7(3)4;1-4(2)3/h7-9H2,1-6H3;7H,1-6H3;6-7H2,1-5H3;5H2,1-4H3;1-3H3. The average molecular weight is 640 g/mol. The first kappa shape index (κ1) is 53.0. The Balaban J connectivity index is -0.000000150. The van der Waals surface area contributed by atoms with Crippen LogP contribution < -0.4 is 0 Å². The highest BCUT2D eigenvalue weighted by molar-refractivity contribution is 4.58. The van der Waals surface area contributed by atoms with E-state index in [0.717, 1.165) is 40.0 Å². The lowest BCUT2D eigenvalue weighted by Gasteiger charge is -2.35. The molecule has 44 heavy (non-hydrogen) atoms. The molecule has 0 atom stereocenters. The van der Waals surface area contributed by atoms with Gasteiger partial charge in [-0.3, -0.25) is 58.8 Å². The maximum Gasteiger partial charge on any atom is 0.118 e. The molecule has 0 aromatic heterocycles. The highest BCUT2D eigenvalue weighted by Gasteiger charge is 2.14. The van der Waals surface area contributed by atoms with E-state index in [1.807, 2.05) is 26.0 Å². The van der Waals surface area contributed by atoms with E-state index in [4.69, 9.17) is 0 Å². The van der Waals surface area contributed by atoms with Crippen molar-refractivity contribution in [2.45, 2.75) is 6.29 Å². The maximum atomic E-state index is 2.38. The van der Waals surface area contributed by atoms with Crippen LogP contribution in [-0.2, 0) is 0 Å². The normalized spacial score (nSPS) is 11.9. The van der Waals surface area contributed by atoms with Crippen LogP contribution in [0.3, 0.4) is 0 Å². The molecule has 0 fully saturated rings. The number of nitrogens with zero attached hydrogens (tertiary/aromatic N) is 13. The van der Waals surface area contributed by atoms with Gasteiger partial charge in [0, 0.05) is 6.67 Å². The number of rotatable bonds is 15. The molecule has 0 saturated carbocycles. The molecule has 0 unspecified atom stereocenters. The van der Waals surface area contributed by atoms with E-state index in [1.165, 1.54) is 0 Å². The van der Waals surface area contributed by atoms with Gasteiger partial charge in [0.25, 0.3) is 0 Å². The monoisotopic (exact) mass is 640 g/mol. The maximum absolute atomic E-state index is 2.38. The van der Waals surface area contributed by atoms with Crippen LogP contribution in [0, 0.1) is 0 Å². The van der Waals surface area contributed by atoms with Crippen molar-refractivity contribution in [1.82, 2.24) is 63.7 Å². The molecule has 0 bridgehead atoms. The van der Waals surface area contributed by atoms with Gasteiger partial charge < -0.3 is 4.90 Å². The molecule has 0 heterocycles. The lowest BCUT2D eigenvalue weighted by molar-refractivity contribution is 0.00961. The second kappa shape index (κ2) is 32.4. The van der Waals surface area contributed by atoms with Crippen molar-refractivity contribution in [2.24, 2.45) is 0 Å². The van der Waals surface area contributed by atoms with Crippen molar-refractivity contribution in [3.8, 4) is 0 Å². The summed E-state index contributed by atoms with van der Waals surface area (Å²) in [5, 5.41) is 0. The Morgan fingerprint density at radius 2 is 0.455 bits per heavy atom. The van der Waals surface area contributed by atoms with Crippen molar-refractivity contribution in [2.75, 3.05) is 209 Å². The summed E-state index contributed by atoms with van der Waals surface area (Å²) in [5.74, 6) is 0. The predicted molar refractivity (Wildman–Crippen MR) is 199 cm³/mol. The third-order valence-electron chi connectivity index (χ3n) is 4.45. The van der Waals surface area contributed by atoms with Crippen LogP contribution in [0.25, 0.3) is 0 Å². The van der Waals surface area contributed by atoms with Crippen LogP contribution in [0.15, 0.2) is 0 Å². The molecule has 0 aromatic rings. The van der Waals surface area contributed by atoms with Crippen molar-refractivity contribution < 1.29 is 0 Å². The Morgan fingerprint density at radius 3 is 0.545 bits per heavy atom. The molecule has 0 aliphatic heterocycles. The molecular weight excluding hydrogens is 554 g/mol. The van der Waals surface area contributed by atoms with Gasteiger partial charge in [-0.1, -0.05) is 0 Å². The quantitative estimate of drug-likeness (QED) is 0.226. The van der Waals surface area contributed by atoms with Crippen molar-refractivity contribution in [1.29, 1.82) is 0 Å². The molecule has 0 radical (unpaired) electrons. The van der Waals surface area contributed by atoms with Gasteiger partial charge >= 0.3 is 0 Å². The summed E-state index contributed by atoms with van der Waals surface area (Å²) in [5.41, 5.74) is 0. The zero-order valence-electron chi connectivity index (χ0n) is 34.6. The Morgan fingerprint density at radius 1 is 0.273 bits per heavy atom. The molecule has 0 aromatic carbocycles. The molecule has 0 spiro atoms. The van der Waals surface area contributed by atoms with E-state index in [2.05, 4.69) is 207 Å². The summed E-state index contributed by atoms with van der Waals surface area (Å²) < 4.78 is 0. The summed E-state index contributed by atoms with van der Waals surface area (Å²) in [7, 11) is 49.7. The molecule has 0 amide bonds. The largest absolute Gasteiger partial charge is 0.312 e. The average Bonchev–Trinajstić information content (AvgIpc) is 2.69. The Hall–Kier alpha value is -0.520. The second-order valence-electron chi connectivity index (χ2n) is 14.5. The van der Waals surface area contributed by atoms with Crippen molar-refractivity contribution >= 4 is 0 Å². The highest BCUT2D eigenvalue weighted by Crippen LogP contribution is 1.98. The zero-order chi connectivity index (χ0) is 36.3. The lowest BCUT2D eigenvalue weighted by Crippen LogP contribution is -2.50. The first-order valence-electron chi connectivity index (χ1n) is 15.3. The molecular formula is C31H85N13. The van der Waals surface area contributed by atoms with Gasteiger partial charge in [-0.05, 0) is 169 Å². The minimum Gasteiger partial charge on any atom is -0.312 e. The lowest BCUT2D eigenvalue weighted by atomic mass is 10.6. The zero-order valence-corrected chi connectivity index (χ0v) is 34.6.